The highest BCUT2D eigenvalue weighted by Crippen LogP contribution is 2.31. The summed E-state index contributed by atoms with van der Waals surface area (Å²) in [4.78, 5) is 9.03. The Bertz CT molecular complexity index is 1200. The Morgan fingerprint density at radius 3 is 2.30 bits per heavy atom. The van der Waals surface area contributed by atoms with Crippen molar-refractivity contribution in [3.8, 4) is 17.6 Å². The lowest BCUT2D eigenvalue weighted by Gasteiger charge is -2.14. The molecule has 3 aromatic carbocycles. The van der Waals surface area contributed by atoms with E-state index in [1.807, 2.05) is 85.8 Å². The molecule has 0 aliphatic carbocycles. The van der Waals surface area contributed by atoms with Crippen LogP contribution in [0.5, 0.6) is 11.5 Å². The number of rotatable bonds is 6. The number of aromatic nitrogens is 2. The lowest BCUT2D eigenvalue weighted by atomic mass is 10.2. The third-order valence-corrected chi connectivity index (χ3v) is 4.27. The van der Waals surface area contributed by atoms with Crippen molar-refractivity contribution >= 4 is 23.1 Å². The molecule has 0 atom stereocenters. The molecule has 4 rings (SSSR count). The van der Waals surface area contributed by atoms with Gasteiger partial charge in [-0.2, -0.15) is 10.2 Å². The third kappa shape index (κ3) is 4.54. The molecule has 0 aliphatic rings. The van der Waals surface area contributed by atoms with Gasteiger partial charge in [0, 0.05) is 11.8 Å². The molecule has 0 radical (unpaired) electrons. The average Bonchev–Trinajstić information content (AvgIpc) is 2.76. The van der Waals surface area contributed by atoms with Crippen LogP contribution in [0.4, 0.5) is 23.1 Å². The molecule has 0 bridgehead atoms. The van der Waals surface area contributed by atoms with Crippen LogP contribution in [0.1, 0.15) is 11.3 Å². The Morgan fingerprint density at radius 2 is 1.50 bits per heavy atom. The first-order valence-corrected chi connectivity index (χ1v) is 9.42. The van der Waals surface area contributed by atoms with E-state index in [-0.39, 0.29) is 0 Å². The van der Waals surface area contributed by atoms with Gasteiger partial charge in [-0.05, 0) is 43.3 Å². The number of hydrogen-bond acceptors (Lipinski definition) is 6. The number of ether oxygens (including phenoxy) is 1. The first kappa shape index (κ1) is 19.0. The number of nitrogens with one attached hydrogen (secondary N) is 2. The highest BCUT2D eigenvalue weighted by Gasteiger charge is 2.09. The van der Waals surface area contributed by atoms with Gasteiger partial charge in [-0.25, -0.2) is 4.98 Å². The summed E-state index contributed by atoms with van der Waals surface area (Å²) in [6.45, 7) is 1.89. The number of anilines is 4. The maximum Gasteiger partial charge on any atom is 0.229 e. The predicted molar refractivity (Wildman–Crippen MR) is 117 cm³/mol. The maximum atomic E-state index is 9.30. The van der Waals surface area contributed by atoms with Gasteiger partial charge in [0.2, 0.25) is 5.95 Å². The summed E-state index contributed by atoms with van der Waals surface area (Å²) in [6.07, 6.45) is 0. The summed E-state index contributed by atoms with van der Waals surface area (Å²) >= 11 is 0. The van der Waals surface area contributed by atoms with Crippen LogP contribution in [0.3, 0.4) is 0 Å². The molecule has 0 saturated carbocycles. The van der Waals surface area contributed by atoms with Crippen molar-refractivity contribution in [3.63, 3.8) is 0 Å². The van der Waals surface area contributed by atoms with Gasteiger partial charge in [-0.1, -0.05) is 42.5 Å². The summed E-state index contributed by atoms with van der Waals surface area (Å²) in [6, 6.07) is 28.5. The number of para-hydroxylation sites is 4. The van der Waals surface area contributed by atoms with Crippen molar-refractivity contribution in [3.05, 3.63) is 96.2 Å². The van der Waals surface area contributed by atoms with Crippen LogP contribution in [-0.2, 0) is 0 Å². The quantitative estimate of drug-likeness (QED) is 0.422. The number of nitriles is 1. The highest BCUT2D eigenvalue weighted by molar-refractivity contribution is 5.67. The molecule has 0 saturated heterocycles. The van der Waals surface area contributed by atoms with Gasteiger partial charge in [0.1, 0.15) is 17.6 Å². The van der Waals surface area contributed by atoms with Crippen molar-refractivity contribution in [1.29, 1.82) is 5.26 Å². The van der Waals surface area contributed by atoms with Crippen LogP contribution in [0.15, 0.2) is 84.9 Å². The van der Waals surface area contributed by atoms with Crippen LogP contribution in [0.2, 0.25) is 0 Å². The molecule has 30 heavy (non-hydrogen) atoms. The van der Waals surface area contributed by atoms with E-state index in [1.54, 1.807) is 6.07 Å². The summed E-state index contributed by atoms with van der Waals surface area (Å²) in [7, 11) is 0. The molecular formula is C24H19N5O. The molecule has 0 amide bonds. The van der Waals surface area contributed by atoms with Gasteiger partial charge in [0.05, 0.1) is 16.9 Å². The van der Waals surface area contributed by atoms with E-state index in [0.29, 0.717) is 28.8 Å². The van der Waals surface area contributed by atoms with E-state index >= 15 is 0 Å². The molecular weight excluding hydrogens is 374 g/mol. The second-order valence-electron chi connectivity index (χ2n) is 6.54. The normalized spacial score (nSPS) is 10.1. The molecule has 6 heteroatoms. The fraction of sp³-hybridized carbons (Fsp3) is 0.0417. The molecule has 0 aliphatic heterocycles. The minimum Gasteiger partial charge on any atom is -0.455 e. The van der Waals surface area contributed by atoms with Crippen molar-refractivity contribution in [2.75, 3.05) is 10.6 Å². The minimum absolute atomic E-state index is 0.427. The number of hydrogen-bond donors (Lipinski definition) is 2. The monoisotopic (exact) mass is 393 g/mol. The van der Waals surface area contributed by atoms with E-state index in [9.17, 15) is 5.26 Å². The summed E-state index contributed by atoms with van der Waals surface area (Å²) in [5.74, 6) is 2.43. The molecule has 146 valence electrons. The number of nitrogens with zero attached hydrogens (tertiary/aromatic N) is 3. The standard InChI is InChI=1S/C24H19N5O/c1-17-15-23(27-20-12-6-5-9-18(20)16-25)29-24(26-17)28-21-13-7-8-14-22(21)30-19-10-3-2-4-11-19/h2-15H,1H3,(H2,26,27,28,29). The zero-order valence-electron chi connectivity index (χ0n) is 16.3. The van der Waals surface area contributed by atoms with Crippen LogP contribution in [0.25, 0.3) is 0 Å². The Morgan fingerprint density at radius 1 is 0.800 bits per heavy atom. The second kappa shape index (κ2) is 8.76. The van der Waals surface area contributed by atoms with Crippen molar-refractivity contribution < 1.29 is 4.74 Å². The molecule has 6 nitrogen and oxygen atoms in total. The van der Waals surface area contributed by atoms with Crippen LogP contribution < -0.4 is 15.4 Å². The third-order valence-electron chi connectivity index (χ3n) is 4.27. The minimum atomic E-state index is 0.427. The van der Waals surface area contributed by atoms with Crippen molar-refractivity contribution in [2.45, 2.75) is 6.92 Å². The Balaban J connectivity index is 1.60. The summed E-state index contributed by atoms with van der Waals surface area (Å²) < 4.78 is 6.00. The molecule has 1 heterocycles. The van der Waals surface area contributed by atoms with E-state index in [0.717, 1.165) is 17.1 Å². The summed E-state index contributed by atoms with van der Waals surface area (Å²) in [5.41, 5.74) is 2.77. The fourth-order valence-electron chi connectivity index (χ4n) is 2.91. The largest absolute Gasteiger partial charge is 0.455 e. The van der Waals surface area contributed by atoms with E-state index in [1.165, 1.54) is 0 Å². The van der Waals surface area contributed by atoms with Gasteiger partial charge in [0.15, 0.2) is 5.75 Å². The van der Waals surface area contributed by atoms with Gasteiger partial charge < -0.3 is 15.4 Å². The molecule has 2 N–H and O–H groups in total. The molecule has 0 spiro atoms. The van der Waals surface area contributed by atoms with E-state index in [2.05, 4.69) is 26.7 Å². The topological polar surface area (TPSA) is 82.9 Å². The Kier molecular flexibility index (Phi) is 5.54. The molecule has 0 unspecified atom stereocenters. The van der Waals surface area contributed by atoms with Gasteiger partial charge in [-0.15, -0.1) is 0 Å². The average molecular weight is 393 g/mol. The zero-order chi connectivity index (χ0) is 20.8. The Hall–Kier alpha value is -4.37. The highest BCUT2D eigenvalue weighted by atomic mass is 16.5. The van der Waals surface area contributed by atoms with E-state index in [4.69, 9.17) is 4.74 Å². The smallest absolute Gasteiger partial charge is 0.229 e. The first-order chi connectivity index (χ1) is 14.7. The van der Waals surface area contributed by atoms with Gasteiger partial charge >= 0.3 is 0 Å². The van der Waals surface area contributed by atoms with Crippen LogP contribution in [-0.4, -0.2) is 9.97 Å². The van der Waals surface area contributed by atoms with Crippen LogP contribution in [0, 0.1) is 18.3 Å². The predicted octanol–water partition coefficient (Wildman–Crippen LogP) is 5.94. The van der Waals surface area contributed by atoms with Crippen molar-refractivity contribution in [2.24, 2.45) is 0 Å². The Labute approximate surface area is 174 Å². The van der Waals surface area contributed by atoms with Gasteiger partial charge in [0.25, 0.3) is 0 Å². The molecule has 4 aromatic rings. The fourth-order valence-corrected chi connectivity index (χ4v) is 2.91. The SMILES string of the molecule is Cc1cc(Nc2ccccc2C#N)nc(Nc2ccccc2Oc2ccccc2)n1. The lowest BCUT2D eigenvalue weighted by Crippen LogP contribution is -2.04. The summed E-state index contributed by atoms with van der Waals surface area (Å²) in [5, 5.41) is 15.7. The lowest BCUT2D eigenvalue weighted by molar-refractivity contribution is 0.485. The zero-order valence-corrected chi connectivity index (χ0v) is 16.3. The van der Waals surface area contributed by atoms with Crippen LogP contribution >= 0.6 is 0 Å². The number of aryl methyl sites for hydroxylation is 1. The van der Waals surface area contributed by atoms with Gasteiger partial charge in [-0.3, -0.25) is 0 Å². The molecule has 1 aromatic heterocycles. The maximum absolute atomic E-state index is 9.30. The molecule has 0 fully saturated rings. The van der Waals surface area contributed by atoms with E-state index < -0.39 is 0 Å². The second-order valence-corrected chi connectivity index (χ2v) is 6.54. The van der Waals surface area contributed by atoms with Crippen molar-refractivity contribution in [1.82, 2.24) is 9.97 Å². The number of benzene rings is 3. The first-order valence-electron chi connectivity index (χ1n) is 9.42.